The largest absolute Gasteiger partial charge is 0.365 e. The Bertz CT molecular complexity index is 535. The standard InChI is InChI=1S/C9H10F2N6/c10-6(11)3-17-9-7(15-16-17)8(12-4-13-9)14-5-1-2-5/h4-6H,1-3H2,(H,12,13,14). The van der Waals surface area contributed by atoms with Gasteiger partial charge in [-0.3, -0.25) is 0 Å². The molecule has 1 saturated carbocycles. The molecule has 0 aromatic carbocycles. The molecule has 6 nitrogen and oxygen atoms in total. The lowest BCUT2D eigenvalue weighted by atomic mass is 10.4. The summed E-state index contributed by atoms with van der Waals surface area (Å²) in [7, 11) is 0. The molecule has 0 radical (unpaired) electrons. The highest BCUT2D eigenvalue weighted by Gasteiger charge is 2.23. The molecule has 0 aliphatic heterocycles. The van der Waals surface area contributed by atoms with E-state index >= 15 is 0 Å². The van der Waals surface area contributed by atoms with Gasteiger partial charge < -0.3 is 5.32 Å². The van der Waals surface area contributed by atoms with Crippen molar-refractivity contribution in [1.82, 2.24) is 25.0 Å². The van der Waals surface area contributed by atoms with Gasteiger partial charge in [0.05, 0.1) is 0 Å². The van der Waals surface area contributed by atoms with Crippen molar-refractivity contribution < 1.29 is 8.78 Å². The van der Waals surface area contributed by atoms with Crippen LogP contribution in [0.4, 0.5) is 14.6 Å². The van der Waals surface area contributed by atoms with Gasteiger partial charge in [0.1, 0.15) is 12.9 Å². The van der Waals surface area contributed by atoms with Crippen LogP contribution in [0, 0.1) is 0 Å². The number of aromatic nitrogens is 5. The number of fused-ring (bicyclic) bond motifs is 1. The topological polar surface area (TPSA) is 68.5 Å². The van der Waals surface area contributed by atoms with Gasteiger partial charge in [0.25, 0.3) is 6.43 Å². The average Bonchev–Trinajstić information content (AvgIpc) is 3.01. The maximum atomic E-state index is 12.3. The molecule has 0 bridgehead atoms. The Morgan fingerprint density at radius 3 is 2.94 bits per heavy atom. The van der Waals surface area contributed by atoms with Crippen LogP contribution in [0.15, 0.2) is 6.33 Å². The second kappa shape index (κ2) is 3.86. The summed E-state index contributed by atoms with van der Waals surface area (Å²) < 4.78 is 25.7. The normalized spacial score (nSPS) is 15.7. The Morgan fingerprint density at radius 2 is 2.24 bits per heavy atom. The predicted molar refractivity (Wildman–Crippen MR) is 55.8 cm³/mol. The number of alkyl halides is 2. The summed E-state index contributed by atoms with van der Waals surface area (Å²) in [5, 5.41) is 10.7. The van der Waals surface area contributed by atoms with Gasteiger partial charge in [-0.15, -0.1) is 5.10 Å². The summed E-state index contributed by atoms with van der Waals surface area (Å²) in [5.41, 5.74) is 0.781. The molecule has 0 atom stereocenters. The third kappa shape index (κ3) is 2.02. The Labute approximate surface area is 95.0 Å². The van der Waals surface area contributed by atoms with Crippen LogP contribution in [-0.4, -0.2) is 37.4 Å². The first-order valence-electron chi connectivity index (χ1n) is 5.33. The van der Waals surface area contributed by atoms with Crippen molar-refractivity contribution in [3.63, 3.8) is 0 Å². The van der Waals surface area contributed by atoms with Crippen LogP contribution < -0.4 is 5.32 Å². The fourth-order valence-corrected chi connectivity index (χ4v) is 1.57. The molecule has 0 unspecified atom stereocenters. The monoisotopic (exact) mass is 240 g/mol. The Kier molecular flexibility index (Phi) is 2.34. The van der Waals surface area contributed by atoms with E-state index in [-0.39, 0.29) is 0 Å². The van der Waals surface area contributed by atoms with Crippen LogP contribution in [0.3, 0.4) is 0 Å². The molecule has 17 heavy (non-hydrogen) atoms. The van der Waals surface area contributed by atoms with E-state index in [0.717, 1.165) is 17.5 Å². The minimum atomic E-state index is -2.48. The molecule has 2 aromatic heterocycles. The van der Waals surface area contributed by atoms with Gasteiger partial charge >= 0.3 is 0 Å². The lowest BCUT2D eigenvalue weighted by Crippen LogP contribution is -2.09. The van der Waals surface area contributed by atoms with E-state index in [4.69, 9.17) is 0 Å². The van der Waals surface area contributed by atoms with Crippen molar-refractivity contribution >= 4 is 17.0 Å². The van der Waals surface area contributed by atoms with Crippen molar-refractivity contribution in [3.05, 3.63) is 6.33 Å². The first-order valence-corrected chi connectivity index (χ1v) is 5.33. The van der Waals surface area contributed by atoms with E-state index in [9.17, 15) is 8.78 Å². The van der Waals surface area contributed by atoms with Gasteiger partial charge in [0, 0.05) is 6.04 Å². The van der Waals surface area contributed by atoms with Gasteiger partial charge in [-0.1, -0.05) is 5.21 Å². The van der Waals surface area contributed by atoms with Crippen LogP contribution in [-0.2, 0) is 6.54 Å². The van der Waals surface area contributed by atoms with Crippen LogP contribution >= 0.6 is 0 Å². The summed E-state index contributed by atoms with van der Waals surface area (Å²) >= 11 is 0. The second-order valence-electron chi connectivity index (χ2n) is 3.98. The van der Waals surface area contributed by atoms with Crippen LogP contribution in [0.1, 0.15) is 12.8 Å². The highest BCUT2D eigenvalue weighted by Crippen LogP contribution is 2.26. The number of anilines is 1. The molecule has 3 rings (SSSR count). The smallest absolute Gasteiger partial charge is 0.258 e. The minimum absolute atomic E-state index is 0.337. The fourth-order valence-electron chi connectivity index (χ4n) is 1.57. The molecule has 2 heterocycles. The second-order valence-corrected chi connectivity index (χ2v) is 3.98. The SMILES string of the molecule is FC(F)Cn1nnc2c(NC3CC3)ncnc21. The van der Waals surface area contributed by atoms with E-state index in [2.05, 4.69) is 25.6 Å². The molecular weight excluding hydrogens is 230 g/mol. The number of halogens is 2. The molecule has 0 saturated heterocycles. The maximum absolute atomic E-state index is 12.3. The number of hydrogen-bond donors (Lipinski definition) is 1. The molecular formula is C9H10F2N6. The first kappa shape index (κ1) is 10.3. The average molecular weight is 240 g/mol. The highest BCUT2D eigenvalue weighted by atomic mass is 19.3. The highest BCUT2D eigenvalue weighted by molar-refractivity contribution is 5.82. The molecule has 1 N–H and O–H groups in total. The summed E-state index contributed by atoms with van der Waals surface area (Å²) in [6.45, 7) is -0.504. The number of hydrogen-bond acceptors (Lipinski definition) is 5. The Balaban J connectivity index is 1.98. The van der Waals surface area contributed by atoms with Crippen LogP contribution in [0.25, 0.3) is 11.2 Å². The van der Waals surface area contributed by atoms with Crippen molar-refractivity contribution in [2.75, 3.05) is 5.32 Å². The maximum Gasteiger partial charge on any atom is 0.258 e. The zero-order valence-corrected chi connectivity index (χ0v) is 8.85. The van der Waals surface area contributed by atoms with Crippen molar-refractivity contribution in [1.29, 1.82) is 0 Å². The number of rotatable bonds is 4. The third-order valence-electron chi connectivity index (χ3n) is 2.53. The molecule has 8 heteroatoms. The molecule has 0 amide bonds. The summed E-state index contributed by atoms with van der Waals surface area (Å²) in [4.78, 5) is 7.99. The minimum Gasteiger partial charge on any atom is -0.365 e. The molecule has 90 valence electrons. The predicted octanol–water partition coefficient (Wildman–Crippen LogP) is 1.06. The van der Waals surface area contributed by atoms with Crippen LogP contribution in [0.5, 0.6) is 0 Å². The number of nitrogens with one attached hydrogen (secondary N) is 1. The van der Waals surface area contributed by atoms with Gasteiger partial charge in [-0.2, -0.15) is 0 Å². The lowest BCUT2D eigenvalue weighted by Gasteiger charge is -2.03. The van der Waals surface area contributed by atoms with E-state index in [0.29, 0.717) is 23.0 Å². The van der Waals surface area contributed by atoms with E-state index < -0.39 is 13.0 Å². The molecule has 1 aliphatic rings. The Hall–Kier alpha value is -1.86. The third-order valence-corrected chi connectivity index (χ3v) is 2.53. The van der Waals surface area contributed by atoms with Gasteiger partial charge in [0.15, 0.2) is 17.0 Å². The van der Waals surface area contributed by atoms with Gasteiger partial charge in [-0.05, 0) is 12.8 Å². The molecule has 1 aliphatic carbocycles. The van der Waals surface area contributed by atoms with E-state index in [1.54, 1.807) is 0 Å². The van der Waals surface area contributed by atoms with Crippen molar-refractivity contribution in [2.45, 2.75) is 31.9 Å². The van der Waals surface area contributed by atoms with E-state index in [1.807, 2.05) is 0 Å². The molecule has 0 spiro atoms. The van der Waals surface area contributed by atoms with E-state index in [1.165, 1.54) is 6.33 Å². The first-order chi connectivity index (χ1) is 8.24. The zero-order chi connectivity index (χ0) is 11.8. The quantitative estimate of drug-likeness (QED) is 0.865. The summed E-state index contributed by atoms with van der Waals surface area (Å²) in [6, 6.07) is 0.411. The fraction of sp³-hybridized carbons (Fsp3) is 0.556. The van der Waals surface area contributed by atoms with Crippen LogP contribution in [0.2, 0.25) is 0 Å². The molecule has 2 aromatic rings. The Morgan fingerprint density at radius 1 is 1.41 bits per heavy atom. The van der Waals surface area contributed by atoms with Gasteiger partial charge in [-0.25, -0.2) is 23.4 Å². The summed E-state index contributed by atoms with van der Waals surface area (Å²) in [6.07, 6.45) is 1.04. The lowest BCUT2D eigenvalue weighted by molar-refractivity contribution is 0.122. The van der Waals surface area contributed by atoms with Crippen molar-refractivity contribution in [3.8, 4) is 0 Å². The summed E-state index contributed by atoms with van der Waals surface area (Å²) in [5.74, 6) is 0.568. The zero-order valence-electron chi connectivity index (χ0n) is 8.85. The molecule has 1 fully saturated rings. The van der Waals surface area contributed by atoms with Crippen molar-refractivity contribution in [2.24, 2.45) is 0 Å². The van der Waals surface area contributed by atoms with Gasteiger partial charge in [0.2, 0.25) is 0 Å². The number of nitrogens with zero attached hydrogens (tertiary/aromatic N) is 5.